The van der Waals surface area contributed by atoms with Crippen LogP contribution >= 0.6 is 0 Å². The van der Waals surface area contributed by atoms with Crippen LogP contribution in [0.1, 0.15) is 37.6 Å². The summed E-state index contributed by atoms with van der Waals surface area (Å²) in [6.07, 6.45) is -0.349. The van der Waals surface area contributed by atoms with E-state index in [2.05, 4.69) is 10.6 Å². The van der Waals surface area contributed by atoms with Gasteiger partial charge in [-0.3, -0.25) is 4.79 Å². The van der Waals surface area contributed by atoms with Crippen LogP contribution in [-0.4, -0.2) is 75.1 Å². The Labute approximate surface area is 182 Å². The van der Waals surface area contributed by atoms with E-state index in [9.17, 15) is 14.0 Å². The Kier molecular flexibility index (Phi) is 8.46. The van der Waals surface area contributed by atoms with Crippen molar-refractivity contribution in [2.45, 2.75) is 44.9 Å². The van der Waals surface area contributed by atoms with Gasteiger partial charge >= 0.3 is 6.09 Å². The molecule has 0 saturated carbocycles. The number of carbonyl (C=O) groups is 2. The van der Waals surface area contributed by atoms with Crippen LogP contribution in [0.5, 0.6) is 0 Å². The number of hydrogen-bond donors (Lipinski definition) is 3. The maximum atomic E-state index is 14.5. The maximum Gasteiger partial charge on any atom is 0.408 e. The van der Waals surface area contributed by atoms with Crippen LogP contribution in [-0.2, 0) is 14.2 Å². The number of likely N-dealkylation sites (tertiary alicyclic amines) is 1. The highest BCUT2D eigenvalue weighted by molar-refractivity contribution is 5.96. The molecule has 1 fully saturated rings. The number of ether oxygens (including phenoxy) is 3. The molecule has 2 atom stereocenters. The highest BCUT2D eigenvalue weighted by Gasteiger charge is 2.34. The van der Waals surface area contributed by atoms with Gasteiger partial charge in [0.1, 0.15) is 11.4 Å². The van der Waals surface area contributed by atoms with Crippen molar-refractivity contribution in [2.24, 2.45) is 0 Å². The number of amides is 2. The molecule has 2 rings (SSSR count). The predicted octanol–water partition coefficient (Wildman–Crippen LogP) is 2.22. The number of rotatable bonds is 7. The van der Waals surface area contributed by atoms with Gasteiger partial charge < -0.3 is 35.5 Å². The molecule has 31 heavy (non-hydrogen) atoms. The lowest BCUT2D eigenvalue weighted by molar-refractivity contribution is 0.00319. The van der Waals surface area contributed by atoms with Crippen molar-refractivity contribution in [3.63, 3.8) is 0 Å². The predicted molar refractivity (Wildman–Crippen MR) is 116 cm³/mol. The van der Waals surface area contributed by atoms with Crippen molar-refractivity contribution in [1.29, 1.82) is 0 Å². The van der Waals surface area contributed by atoms with E-state index in [1.54, 1.807) is 39.9 Å². The second kappa shape index (κ2) is 10.6. The first-order valence-corrected chi connectivity index (χ1v) is 10.2. The van der Waals surface area contributed by atoms with Gasteiger partial charge in [0.25, 0.3) is 5.91 Å². The van der Waals surface area contributed by atoms with E-state index in [1.807, 2.05) is 0 Å². The van der Waals surface area contributed by atoms with E-state index < -0.39 is 23.6 Å². The Balaban J connectivity index is 2.11. The average Bonchev–Trinajstić information content (AvgIpc) is 2.67. The Morgan fingerprint density at radius 2 is 2.00 bits per heavy atom. The third-order valence-electron chi connectivity index (χ3n) is 4.82. The second-order valence-electron chi connectivity index (χ2n) is 8.41. The zero-order chi connectivity index (χ0) is 23.2. The quantitative estimate of drug-likeness (QED) is 0.440. The van der Waals surface area contributed by atoms with Crippen molar-refractivity contribution in [3.05, 3.63) is 23.5 Å². The van der Waals surface area contributed by atoms with Crippen molar-refractivity contribution in [3.8, 4) is 0 Å². The number of nitrogens with two attached hydrogens (primary N) is 1. The van der Waals surface area contributed by atoms with Crippen LogP contribution in [0.4, 0.5) is 20.6 Å². The molecule has 0 unspecified atom stereocenters. The van der Waals surface area contributed by atoms with Gasteiger partial charge in [-0.15, -0.1) is 0 Å². The molecule has 1 aliphatic heterocycles. The number of carbonyl (C=O) groups excluding carboxylic acids is 2. The van der Waals surface area contributed by atoms with E-state index in [1.165, 1.54) is 6.07 Å². The summed E-state index contributed by atoms with van der Waals surface area (Å²) in [5.41, 5.74) is 5.72. The van der Waals surface area contributed by atoms with Crippen LogP contribution in [0.25, 0.3) is 0 Å². The van der Waals surface area contributed by atoms with E-state index in [0.717, 1.165) is 6.07 Å². The Bertz CT molecular complexity index is 761. The van der Waals surface area contributed by atoms with E-state index >= 15 is 0 Å². The minimum atomic E-state index is -0.648. The van der Waals surface area contributed by atoms with Crippen LogP contribution in [0.15, 0.2) is 12.1 Å². The van der Waals surface area contributed by atoms with Gasteiger partial charge in [-0.2, -0.15) is 0 Å². The molecule has 4 N–H and O–H groups in total. The molecular formula is C21H33FN4O5. The Hall–Kier alpha value is -2.59. The number of alkyl carbamates (subject to hydrolysis) is 1. The number of halogens is 1. The average molecular weight is 441 g/mol. The minimum absolute atomic E-state index is 0.134. The number of hydrogen-bond acceptors (Lipinski definition) is 7. The van der Waals surface area contributed by atoms with Gasteiger partial charge in [-0.1, -0.05) is 0 Å². The largest absolute Gasteiger partial charge is 0.444 e. The molecule has 0 radical (unpaired) electrons. The van der Waals surface area contributed by atoms with Gasteiger partial charge in [0.15, 0.2) is 0 Å². The fourth-order valence-corrected chi connectivity index (χ4v) is 3.39. The molecule has 9 nitrogen and oxygen atoms in total. The third kappa shape index (κ3) is 6.96. The van der Waals surface area contributed by atoms with Crippen LogP contribution in [0.2, 0.25) is 0 Å². The topological polar surface area (TPSA) is 115 Å². The maximum absolute atomic E-state index is 14.5. The Morgan fingerprint density at radius 3 is 2.58 bits per heavy atom. The number of nitrogens with zero attached hydrogens (tertiary/aromatic N) is 1. The Morgan fingerprint density at radius 1 is 1.29 bits per heavy atom. The molecule has 1 aromatic carbocycles. The molecule has 0 bridgehead atoms. The highest BCUT2D eigenvalue weighted by Crippen LogP contribution is 2.26. The van der Waals surface area contributed by atoms with Crippen molar-refractivity contribution < 1.29 is 28.2 Å². The number of nitrogen functional groups attached to an aromatic ring is 1. The second-order valence-corrected chi connectivity index (χ2v) is 8.41. The summed E-state index contributed by atoms with van der Waals surface area (Å²) in [6, 6.07) is 2.14. The number of methoxy groups -OCH3 is 2. The summed E-state index contributed by atoms with van der Waals surface area (Å²) in [6.45, 7) is 6.68. The molecule has 0 aromatic heterocycles. The number of piperidine rings is 1. The van der Waals surface area contributed by atoms with Crippen molar-refractivity contribution >= 4 is 23.4 Å². The van der Waals surface area contributed by atoms with Crippen LogP contribution < -0.4 is 16.4 Å². The lowest BCUT2D eigenvalue weighted by atomic mass is 10.0. The van der Waals surface area contributed by atoms with E-state index in [4.69, 9.17) is 19.9 Å². The summed E-state index contributed by atoms with van der Waals surface area (Å²) >= 11 is 0. The smallest absolute Gasteiger partial charge is 0.408 e. The summed E-state index contributed by atoms with van der Waals surface area (Å²) < 4.78 is 30.2. The molecular weight excluding hydrogens is 407 g/mol. The third-order valence-corrected chi connectivity index (χ3v) is 4.82. The fraction of sp³-hybridized carbons (Fsp3) is 0.619. The molecule has 1 saturated heterocycles. The fourth-order valence-electron chi connectivity index (χ4n) is 3.39. The van der Waals surface area contributed by atoms with Crippen molar-refractivity contribution in [2.75, 3.05) is 51.5 Å². The zero-order valence-corrected chi connectivity index (χ0v) is 18.8. The molecule has 0 spiro atoms. The first-order chi connectivity index (χ1) is 14.6. The number of nitrogens with one attached hydrogen (secondary N) is 2. The lowest BCUT2D eigenvalue weighted by Gasteiger charge is -2.38. The van der Waals surface area contributed by atoms with Gasteiger partial charge in [0.05, 0.1) is 30.1 Å². The monoisotopic (exact) mass is 440 g/mol. The van der Waals surface area contributed by atoms with Crippen LogP contribution in [0, 0.1) is 5.82 Å². The SMILES string of the molecule is COCCNc1c(N)cc(C(=O)N2CC[C@@H](OC)[C@@H](NC(=O)OC(C)(C)C)C2)cc1F. The van der Waals surface area contributed by atoms with Crippen molar-refractivity contribution in [1.82, 2.24) is 10.2 Å². The first-order valence-electron chi connectivity index (χ1n) is 10.2. The zero-order valence-electron chi connectivity index (χ0n) is 18.8. The van der Waals surface area contributed by atoms with Gasteiger partial charge in [0, 0.05) is 39.4 Å². The highest BCUT2D eigenvalue weighted by atomic mass is 19.1. The lowest BCUT2D eigenvalue weighted by Crippen LogP contribution is -2.57. The van der Waals surface area contributed by atoms with Gasteiger partial charge in [0.2, 0.25) is 0 Å². The molecule has 174 valence electrons. The van der Waals surface area contributed by atoms with E-state index in [0.29, 0.717) is 26.1 Å². The summed E-state index contributed by atoms with van der Waals surface area (Å²) in [4.78, 5) is 26.8. The van der Waals surface area contributed by atoms with Gasteiger partial charge in [-0.25, -0.2) is 9.18 Å². The first kappa shape index (κ1) is 24.7. The molecule has 1 heterocycles. The van der Waals surface area contributed by atoms with E-state index in [-0.39, 0.29) is 35.5 Å². The number of benzene rings is 1. The molecule has 1 aliphatic rings. The van der Waals surface area contributed by atoms with Gasteiger partial charge in [-0.05, 0) is 39.3 Å². The minimum Gasteiger partial charge on any atom is -0.444 e. The normalized spacial score (nSPS) is 19.1. The summed E-state index contributed by atoms with van der Waals surface area (Å²) in [7, 11) is 3.10. The summed E-state index contributed by atoms with van der Waals surface area (Å²) in [5.74, 6) is -0.991. The standard InChI is InChI=1S/C21H33FN4O5/c1-21(2,3)31-20(28)25-16-12-26(8-6-17(16)30-5)19(27)13-10-14(22)18(15(23)11-13)24-7-9-29-4/h10-11,16-17,24H,6-9,12,23H2,1-5H3,(H,25,28)/t16-,17+/m0/s1. The summed E-state index contributed by atoms with van der Waals surface area (Å²) in [5, 5.41) is 5.63. The molecule has 10 heteroatoms. The molecule has 1 aromatic rings. The van der Waals surface area contributed by atoms with Crippen LogP contribution in [0.3, 0.4) is 0 Å². The number of anilines is 2. The molecule has 0 aliphatic carbocycles. The molecule has 2 amide bonds.